The van der Waals surface area contributed by atoms with E-state index in [9.17, 15) is 13.2 Å². The molecule has 0 bridgehead atoms. The van der Waals surface area contributed by atoms with Gasteiger partial charge in [-0.25, -0.2) is 0 Å². The van der Waals surface area contributed by atoms with E-state index in [1.165, 1.54) is 23.9 Å². The fourth-order valence-electron chi connectivity index (χ4n) is 2.95. The van der Waals surface area contributed by atoms with Crippen LogP contribution in [0.15, 0.2) is 53.7 Å². The van der Waals surface area contributed by atoms with Crippen molar-refractivity contribution >= 4 is 23.4 Å². The topological polar surface area (TPSA) is 74.3 Å². The molecule has 0 aliphatic rings. The van der Waals surface area contributed by atoms with Gasteiger partial charge in [0.05, 0.1) is 23.5 Å². The Kier molecular flexibility index (Phi) is 5.96. The van der Waals surface area contributed by atoms with Crippen LogP contribution in [0.25, 0.3) is 5.69 Å². The summed E-state index contributed by atoms with van der Waals surface area (Å²) in [5.41, 5.74) is -0.0332. The molecular formula is C19H15ClF3N7S. The second-order valence-electron chi connectivity index (χ2n) is 6.56. The lowest BCUT2D eigenvalue weighted by Gasteiger charge is -2.14. The molecule has 4 rings (SSSR count). The van der Waals surface area contributed by atoms with E-state index in [4.69, 9.17) is 11.6 Å². The molecule has 2 aromatic carbocycles. The lowest BCUT2D eigenvalue weighted by molar-refractivity contribution is -0.137. The summed E-state index contributed by atoms with van der Waals surface area (Å²) < 4.78 is 43.5. The van der Waals surface area contributed by atoms with Crippen molar-refractivity contribution in [3.8, 4) is 5.69 Å². The van der Waals surface area contributed by atoms with Gasteiger partial charge in [0.1, 0.15) is 5.82 Å². The molecule has 0 saturated carbocycles. The van der Waals surface area contributed by atoms with E-state index in [0.29, 0.717) is 11.7 Å². The molecule has 31 heavy (non-hydrogen) atoms. The summed E-state index contributed by atoms with van der Waals surface area (Å²) in [5.74, 6) is 1.16. The summed E-state index contributed by atoms with van der Waals surface area (Å²) in [7, 11) is 0. The molecule has 160 valence electrons. The number of tetrazole rings is 1. The van der Waals surface area contributed by atoms with E-state index < -0.39 is 11.7 Å². The Morgan fingerprint density at radius 2 is 1.81 bits per heavy atom. The van der Waals surface area contributed by atoms with Crippen LogP contribution in [-0.2, 0) is 18.5 Å². The van der Waals surface area contributed by atoms with Gasteiger partial charge in [-0.05, 0) is 41.1 Å². The van der Waals surface area contributed by atoms with Gasteiger partial charge in [0.2, 0.25) is 0 Å². The summed E-state index contributed by atoms with van der Waals surface area (Å²) in [4.78, 5) is 0. The number of aryl methyl sites for hydroxylation is 1. The van der Waals surface area contributed by atoms with Crippen LogP contribution in [0.3, 0.4) is 0 Å². The van der Waals surface area contributed by atoms with Crippen molar-refractivity contribution in [3.63, 3.8) is 0 Å². The van der Waals surface area contributed by atoms with Gasteiger partial charge in [-0.3, -0.25) is 0 Å². The molecule has 12 heteroatoms. The maximum absolute atomic E-state index is 13.5. The first-order chi connectivity index (χ1) is 14.8. The highest BCUT2D eigenvalue weighted by Gasteiger charge is 2.35. The molecule has 7 nitrogen and oxygen atoms in total. The highest BCUT2D eigenvalue weighted by atomic mass is 35.5. The minimum atomic E-state index is -4.61. The van der Waals surface area contributed by atoms with Gasteiger partial charge in [0.25, 0.3) is 0 Å². The number of thioether (sulfide) groups is 1. The fraction of sp³-hybridized carbons (Fsp3) is 0.211. The number of nitrogens with zero attached hydrogens (tertiary/aromatic N) is 7. The summed E-state index contributed by atoms with van der Waals surface area (Å²) in [6, 6.07) is 13.3. The monoisotopic (exact) mass is 465 g/mol. The summed E-state index contributed by atoms with van der Waals surface area (Å²) in [6.07, 6.45) is -4.61. The zero-order chi connectivity index (χ0) is 22.0. The highest BCUT2D eigenvalue weighted by molar-refractivity contribution is 7.98. The molecule has 0 radical (unpaired) electrons. The zero-order valence-electron chi connectivity index (χ0n) is 16.1. The molecule has 0 saturated heterocycles. The van der Waals surface area contributed by atoms with Gasteiger partial charge in [-0.15, -0.1) is 15.3 Å². The van der Waals surface area contributed by atoms with Gasteiger partial charge >= 0.3 is 6.18 Å². The van der Waals surface area contributed by atoms with E-state index in [2.05, 4.69) is 25.7 Å². The molecule has 2 aromatic heterocycles. The largest absolute Gasteiger partial charge is 0.418 e. The standard InChI is InChI=1S/C19H15ClF3N7S/c1-12-24-26-18(29(12)10-13-5-3-2-4-6-13)31-11-17-25-27-28-30(17)16-8-7-14(20)9-15(16)19(21,22)23/h2-9H,10-11H2,1H3. The van der Waals surface area contributed by atoms with Gasteiger partial charge in [-0.2, -0.15) is 17.9 Å². The van der Waals surface area contributed by atoms with E-state index in [1.54, 1.807) is 0 Å². The van der Waals surface area contributed by atoms with Crippen LogP contribution >= 0.6 is 23.4 Å². The molecular weight excluding hydrogens is 451 g/mol. The smallest absolute Gasteiger partial charge is 0.302 e. The molecule has 0 unspecified atom stereocenters. The van der Waals surface area contributed by atoms with Crippen molar-refractivity contribution < 1.29 is 13.2 Å². The average Bonchev–Trinajstić information content (AvgIpc) is 3.34. The summed E-state index contributed by atoms with van der Waals surface area (Å²) >= 11 is 7.06. The van der Waals surface area contributed by atoms with Crippen LogP contribution in [-0.4, -0.2) is 35.0 Å². The minimum Gasteiger partial charge on any atom is -0.302 e. The van der Waals surface area contributed by atoms with Crippen molar-refractivity contribution in [1.29, 1.82) is 0 Å². The zero-order valence-corrected chi connectivity index (χ0v) is 17.7. The molecule has 2 heterocycles. The number of halogens is 4. The Balaban J connectivity index is 1.59. The third-order valence-corrected chi connectivity index (χ3v) is 5.64. The molecule has 0 amide bonds. The van der Waals surface area contributed by atoms with Crippen LogP contribution in [0.4, 0.5) is 13.2 Å². The highest BCUT2D eigenvalue weighted by Crippen LogP contribution is 2.36. The second-order valence-corrected chi connectivity index (χ2v) is 7.94. The van der Waals surface area contributed by atoms with Crippen LogP contribution in [0.1, 0.15) is 22.8 Å². The summed E-state index contributed by atoms with van der Waals surface area (Å²) in [6.45, 7) is 2.41. The predicted octanol–water partition coefficient (Wildman–Crippen LogP) is 4.58. The maximum atomic E-state index is 13.5. The molecule has 0 fully saturated rings. The van der Waals surface area contributed by atoms with Crippen LogP contribution in [0, 0.1) is 6.92 Å². The van der Waals surface area contributed by atoms with Crippen molar-refractivity contribution in [2.45, 2.75) is 30.6 Å². The van der Waals surface area contributed by atoms with Crippen LogP contribution < -0.4 is 0 Å². The van der Waals surface area contributed by atoms with Crippen molar-refractivity contribution in [3.05, 3.63) is 76.3 Å². The van der Waals surface area contributed by atoms with Crippen molar-refractivity contribution in [2.75, 3.05) is 0 Å². The van der Waals surface area contributed by atoms with Gasteiger partial charge in [0.15, 0.2) is 11.0 Å². The van der Waals surface area contributed by atoms with Crippen LogP contribution in [0.2, 0.25) is 5.02 Å². The SMILES string of the molecule is Cc1nnc(SCc2nnnn2-c2ccc(Cl)cc2C(F)(F)F)n1Cc1ccccc1. The molecule has 0 N–H and O–H groups in total. The Bertz CT molecular complexity index is 1190. The van der Waals surface area contributed by atoms with E-state index >= 15 is 0 Å². The van der Waals surface area contributed by atoms with E-state index in [-0.39, 0.29) is 22.3 Å². The minimum absolute atomic E-state index is 0.0236. The number of rotatable bonds is 6. The lowest BCUT2D eigenvalue weighted by Crippen LogP contribution is -2.13. The Morgan fingerprint density at radius 1 is 1.03 bits per heavy atom. The molecule has 0 spiro atoms. The lowest BCUT2D eigenvalue weighted by atomic mass is 10.1. The predicted molar refractivity (Wildman–Crippen MR) is 109 cm³/mol. The van der Waals surface area contributed by atoms with E-state index in [0.717, 1.165) is 22.1 Å². The number of alkyl halides is 3. The third-order valence-electron chi connectivity index (χ3n) is 4.44. The van der Waals surface area contributed by atoms with Crippen molar-refractivity contribution in [1.82, 2.24) is 35.0 Å². The Hall–Kier alpha value is -2.92. The maximum Gasteiger partial charge on any atom is 0.418 e. The first-order valence-electron chi connectivity index (χ1n) is 9.04. The molecule has 0 aliphatic carbocycles. The average molecular weight is 466 g/mol. The molecule has 0 atom stereocenters. The van der Waals surface area contributed by atoms with Gasteiger partial charge < -0.3 is 4.57 Å². The van der Waals surface area contributed by atoms with Gasteiger partial charge in [0, 0.05) is 5.02 Å². The normalized spacial score (nSPS) is 11.8. The quantitative estimate of drug-likeness (QED) is 0.388. The van der Waals surface area contributed by atoms with E-state index in [1.807, 2.05) is 41.8 Å². The first-order valence-corrected chi connectivity index (χ1v) is 10.4. The molecule has 4 aromatic rings. The third kappa shape index (κ3) is 4.72. The number of hydrogen-bond acceptors (Lipinski definition) is 6. The first kappa shape index (κ1) is 21.3. The fourth-order valence-corrected chi connectivity index (χ4v) is 4.01. The number of hydrogen-bond donors (Lipinski definition) is 0. The Labute approximate surface area is 184 Å². The van der Waals surface area contributed by atoms with Crippen molar-refractivity contribution in [2.24, 2.45) is 0 Å². The summed E-state index contributed by atoms with van der Waals surface area (Å²) in [5, 5.41) is 20.1. The Morgan fingerprint density at radius 3 is 2.55 bits per heavy atom. The van der Waals surface area contributed by atoms with Gasteiger partial charge in [-0.1, -0.05) is 53.7 Å². The second kappa shape index (κ2) is 8.67. The number of benzene rings is 2. The number of aromatic nitrogens is 7. The molecule has 0 aliphatic heterocycles. The van der Waals surface area contributed by atoms with Crippen LogP contribution in [0.5, 0.6) is 0 Å².